The number of rotatable bonds is 5. The summed E-state index contributed by atoms with van der Waals surface area (Å²) in [7, 11) is 0. The predicted octanol–water partition coefficient (Wildman–Crippen LogP) is 3.95. The number of ether oxygens (including phenoxy) is 1. The second kappa shape index (κ2) is 10.4. The topological polar surface area (TPSA) is 123 Å². The van der Waals surface area contributed by atoms with Crippen molar-refractivity contribution in [2.45, 2.75) is 58.6 Å². The Balaban J connectivity index is 1.31. The Morgan fingerprint density at radius 1 is 1.17 bits per heavy atom. The summed E-state index contributed by atoms with van der Waals surface area (Å²) < 4.78 is 7.03. The number of nitrogens with one attached hydrogen (secondary N) is 1. The Bertz CT molecular complexity index is 1540. The molecule has 1 fully saturated rings. The monoisotopic (exact) mass is 577 g/mol. The van der Waals surface area contributed by atoms with Crippen molar-refractivity contribution < 1.29 is 19.1 Å². The van der Waals surface area contributed by atoms with E-state index in [-0.39, 0.29) is 42.2 Å². The number of benzene rings is 1. The van der Waals surface area contributed by atoms with Crippen LogP contribution in [0.2, 0.25) is 5.02 Å². The second-order valence-corrected chi connectivity index (χ2v) is 12.2. The van der Waals surface area contributed by atoms with Gasteiger partial charge in [-0.05, 0) is 76.1 Å². The van der Waals surface area contributed by atoms with Crippen LogP contribution in [0.1, 0.15) is 71.4 Å². The lowest BCUT2D eigenvalue weighted by atomic mass is 10.0. The lowest BCUT2D eigenvalue weighted by Crippen LogP contribution is -2.42. The Morgan fingerprint density at radius 3 is 2.71 bits per heavy atom. The predicted molar refractivity (Wildman–Crippen MR) is 151 cm³/mol. The fraction of sp³-hybridized carbons (Fsp3) is 0.448. The van der Waals surface area contributed by atoms with Crippen molar-refractivity contribution in [1.29, 1.82) is 0 Å². The maximum absolute atomic E-state index is 14.0. The summed E-state index contributed by atoms with van der Waals surface area (Å²) in [5.74, 6) is 0.0977. The molecule has 3 aliphatic rings. The van der Waals surface area contributed by atoms with Crippen LogP contribution in [0.5, 0.6) is 0 Å². The van der Waals surface area contributed by atoms with Gasteiger partial charge >= 0.3 is 6.09 Å². The quantitative estimate of drug-likeness (QED) is 0.487. The molecule has 12 heteroatoms. The van der Waals surface area contributed by atoms with Gasteiger partial charge < -0.3 is 15.0 Å². The molecule has 3 aromatic rings. The highest BCUT2D eigenvalue weighted by atomic mass is 35.5. The molecule has 1 saturated carbocycles. The third-order valence-electron chi connectivity index (χ3n) is 7.36. The molecule has 2 aromatic heterocycles. The van der Waals surface area contributed by atoms with Crippen molar-refractivity contribution in [1.82, 2.24) is 30.0 Å². The molecule has 4 heterocycles. The molecule has 11 nitrogen and oxygen atoms in total. The van der Waals surface area contributed by atoms with Gasteiger partial charge in [0.25, 0.3) is 11.8 Å². The fourth-order valence-corrected chi connectivity index (χ4v) is 5.26. The van der Waals surface area contributed by atoms with E-state index in [9.17, 15) is 14.4 Å². The van der Waals surface area contributed by atoms with Crippen LogP contribution in [0.25, 0.3) is 5.69 Å². The van der Waals surface area contributed by atoms with E-state index in [1.54, 1.807) is 35.4 Å². The molecule has 1 aromatic carbocycles. The van der Waals surface area contributed by atoms with Crippen molar-refractivity contribution in [3.05, 3.63) is 63.7 Å². The van der Waals surface area contributed by atoms with Crippen LogP contribution in [0, 0.1) is 5.92 Å². The normalized spacial score (nSPS) is 16.7. The molecule has 0 bridgehead atoms. The summed E-state index contributed by atoms with van der Waals surface area (Å²) in [5.41, 5.74) is 2.69. The van der Waals surface area contributed by atoms with Gasteiger partial charge in [0.1, 0.15) is 11.3 Å². The van der Waals surface area contributed by atoms with Gasteiger partial charge in [0.15, 0.2) is 5.69 Å². The zero-order chi connectivity index (χ0) is 28.9. The molecule has 1 aliphatic carbocycles. The van der Waals surface area contributed by atoms with Gasteiger partial charge in [0, 0.05) is 36.4 Å². The minimum absolute atomic E-state index is 0.240. The lowest BCUT2D eigenvalue weighted by molar-refractivity contribution is 0.0220. The molecule has 214 valence electrons. The van der Waals surface area contributed by atoms with Crippen molar-refractivity contribution in [2.24, 2.45) is 5.92 Å². The van der Waals surface area contributed by atoms with E-state index in [0.717, 1.165) is 18.4 Å². The number of hydrogen-bond acceptors (Lipinski definition) is 7. The molecule has 6 rings (SSSR count). The third kappa shape index (κ3) is 5.63. The summed E-state index contributed by atoms with van der Waals surface area (Å²) in [6.45, 7) is 7.13. The van der Waals surface area contributed by atoms with Crippen LogP contribution in [0.15, 0.2) is 30.5 Å². The van der Waals surface area contributed by atoms with Crippen LogP contribution >= 0.6 is 11.6 Å². The van der Waals surface area contributed by atoms with Gasteiger partial charge in [-0.25, -0.2) is 19.4 Å². The molecule has 2 aliphatic heterocycles. The first-order chi connectivity index (χ1) is 19.6. The average Bonchev–Trinajstić information content (AvgIpc) is 3.68. The summed E-state index contributed by atoms with van der Waals surface area (Å²) in [4.78, 5) is 52.2. The lowest BCUT2D eigenvalue weighted by Gasteiger charge is -2.31. The summed E-state index contributed by atoms with van der Waals surface area (Å²) in [6, 6.07) is 7.00. The molecule has 0 saturated heterocycles. The Hall–Kier alpha value is -3.99. The molecular formula is C29H32ClN7O4. The maximum Gasteiger partial charge on any atom is 0.410 e. The third-order valence-corrected chi connectivity index (χ3v) is 7.59. The number of amides is 3. The number of carbonyl (C=O) groups is 3. The smallest absolute Gasteiger partial charge is 0.410 e. The maximum atomic E-state index is 14.0. The van der Waals surface area contributed by atoms with Gasteiger partial charge in [0.2, 0.25) is 5.95 Å². The van der Waals surface area contributed by atoms with E-state index < -0.39 is 11.7 Å². The van der Waals surface area contributed by atoms with E-state index in [0.29, 0.717) is 53.8 Å². The van der Waals surface area contributed by atoms with Crippen LogP contribution < -0.4 is 10.2 Å². The number of nitrogens with zero attached hydrogens (tertiary/aromatic N) is 6. The van der Waals surface area contributed by atoms with Crippen molar-refractivity contribution in [3.63, 3.8) is 0 Å². The average molecular weight is 578 g/mol. The van der Waals surface area contributed by atoms with Crippen LogP contribution in [-0.2, 0) is 24.1 Å². The first kappa shape index (κ1) is 27.2. The van der Waals surface area contributed by atoms with Crippen molar-refractivity contribution in [2.75, 3.05) is 24.5 Å². The molecule has 3 amide bonds. The zero-order valence-corrected chi connectivity index (χ0v) is 24.1. The molecular weight excluding hydrogens is 546 g/mol. The molecule has 1 N–H and O–H groups in total. The molecule has 0 radical (unpaired) electrons. The van der Waals surface area contributed by atoms with Gasteiger partial charge in [-0.2, -0.15) is 5.10 Å². The summed E-state index contributed by atoms with van der Waals surface area (Å²) in [6.07, 6.45) is 4.53. The first-order valence-electron chi connectivity index (χ1n) is 13.9. The van der Waals surface area contributed by atoms with E-state index in [1.807, 2.05) is 20.8 Å². The number of anilines is 1. The highest BCUT2D eigenvalue weighted by molar-refractivity contribution is 6.30. The number of hydrogen-bond donors (Lipinski definition) is 1. The number of carbonyl (C=O) groups excluding carboxylic acids is 3. The van der Waals surface area contributed by atoms with Gasteiger partial charge in [-0.3, -0.25) is 14.5 Å². The molecule has 0 atom stereocenters. The van der Waals surface area contributed by atoms with E-state index in [1.165, 1.54) is 9.58 Å². The largest absolute Gasteiger partial charge is 0.444 e. The number of halogens is 1. The SMILES string of the molecule is CC(C)(C)OC(=O)N1CCc2cnc(N3CCc4c(C(=O)NCC5CC5)nn(-c5cccc(Cl)c5)c4C3=O)nc2C1. The number of aromatic nitrogens is 4. The van der Waals surface area contributed by atoms with Gasteiger partial charge in [-0.1, -0.05) is 17.7 Å². The Kier molecular flexibility index (Phi) is 6.93. The molecule has 0 spiro atoms. The fourth-order valence-electron chi connectivity index (χ4n) is 5.08. The minimum Gasteiger partial charge on any atom is -0.444 e. The Labute approximate surface area is 242 Å². The molecule has 41 heavy (non-hydrogen) atoms. The summed E-state index contributed by atoms with van der Waals surface area (Å²) in [5, 5.41) is 8.07. The zero-order valence-electron chi connectivity index (χ0n) is 23.3. The summed E-state index contributed by atoms with van der Waals surface area (Å²) >= 11 is 6.26. The first-order valence-corrected chi connectivity index (χ1v) is 14.3. The van der Waals surface area contributed by atoms with E-state index in [2.05, 4.69) is 15.4 Å². The highest BCUT2D eigenvalue weighted by Gasteiger charge is 2.37. The molecule has 0 unspecified atom stereocenters. The van der Waals surface area contributed by atoms with Crippen molar-refractivity contribution >= 4 is 35.5 Å². The number of fused-ring (bicyclic) bond motifs is 2. The van der Waals surface area contributed by atoms with E-state index >= 15 is 0 Å². The second-order valence-electron chi connectivity index (χ2n) is 11.7. The Morgan fingerprint density at radius 2 is 1.98 bits per heavy atom. The van der Waals surface area contributed by atoms with Crippen LogP contribution in [0.3, 0.4) is 0 Å². The standard InChI is InChI=1S/C29H32ClN7O4/c1-29(2,3)41-28(40)35-11-9-18-15-32-27(33-22(18)16-35)36-12-10-21-23(25(38)31-14-17-7-8-17)34-37(24(21)26(36)39)20-6-4-5-19(30)13-20/h4-6,13,15,17H,7-12,14,16H2,1-3H3,(H,31,38). The highest BCUT2D eigenvalue weighted by Crippen LogP contribution is 2.31. The minimum atomic E-state index is -0.605. The van der Waals surface area contributed by atoms with Crippen LogP contribution in [-0.4, -0.2) is 67.8 Å². The van der Waals surface area contributed by atoms with Crippen LogP contribution in [0.4, 0.5) is 10.7 Å². The van der Waals surface area contributed by atoms with E-state index in [4.69, 9.17) is 21.3 Å². The van der Waals surface area contributed by atoms with Gasteiger partial charge in [-0.15, -0.1) is 0 Å². The van der Waals surface area contributed by atoms with Crippen molar-refractivity contribution in [3.8, 4) is 5.69 Å². The van der Waals surface area contributed by atoms with Gasteiger partial charge in [0.05, 0.1) is 17.9 Å².